The predicted molar refractivity (Wildman–Crippen MR) is 83.1 cm³/mol. The summed E-state index contributed by atoms with van der Waals surface area (Å²) in [6.07, 6.45) is 7.10. The number of hydrogen-bond acceptors (Lipinski definition) is 4. The Morgan fingerprint density at radius 2 is 1.95 bits per heavy atom. The van der Waals surface area contributed by atoms with Crippen molar-refractivity contribution >= 4 is 27.6 Å². The molecule has 110 valence electrons. The minimum Gasteiger partial charge on any atom is -0.430 e. The van der Waals surface area contributed by atoms with Crippen LogP contribution in [0.15, 0.2) is 27.8 Å². The average molecular weight is 294 g/mol. The zero-order valence-corrected chi connectivity index (χ0v) is 12.7. The Hall–Kier alpha value is -1.36. The van der Waals surface area contributed by atoms with Gasteiger partial charge in [0.05, 0.1) is 0 Å². The fraction of sp³-hybridized carbons (Fsp3) is 0.533. The van der Waals surface area contributed by atoms with Gasteiger partial charge in [0.1, 0.15) is 16.3 Å². The van der Waals surface area contributed by atoms with Gasteiger partial charge in [-0.25, -0.2) is 9.19 Å². The van der Waals surface area contributed by atoms with E-state index in [9.17, 15) is 4.21 Å². The minimum absolute atomic E-state index is 0.319. The van der Waals surface area contributed by atoms with Crippen LogP contribution in [0.5, 0.6) is 0 Å². The van der Waals surface area contributed by atoms with E-state index in [2.05, 4.69) is 11.9 Å². The van der Waals surface area contributed by atoms with Crippen molar-refractivity contribution in [3.8, 4) is 0 Å². The molecule has 0 saturated carbocycles. The van der Waals surface area contributed by atoms with Gasteiger partial charge >= 0.3 is 0 Å². The van der Waals surface area contributed by atoms with Gasteiger partial charge in [0.2, 0.25) is 0 Å². The Bertz CT molecular complexity index is 580. The highest BCUT2D eigenvalue weighted by molar-refractivity contribution is 7.84. The largest absolute Gasteiger partial charge is 0.430 e. The first-order valence-electron chi connectivity index (χ1n) is 7.25. The number of anilines is 1. The molecule has 1 unspecified atom stereocenters. The van der Waals surface area contributed by atoms with E-state index in [1.165, 1.54) is 25.7 Å². The Kier molecular flexibility index (Phi) is 5.59. The highest BCUT2D eigenvalue weighted by atomic mass is 32.2. The molecule has 0 aliphatic carbocycles. The number of hydrogen-bond donors (Lipinski definition) is 1. The molecule has 0 bridgehead atoms. The Labute approximate surface area is 122 Å². The standard InChI is InChI=1S/C15H22N2O2S/c1-2-3-4-5-6-7-10-20(18)15-17-13-11-12(16)8-9-14(13)19-15/h8-9,11H,2-7,10,16H2,1H3. The fourth-order valence-electron chi connectivity index (χ4n) is 2.12. The molecule has 0 radical (unpaired) electrons. The van der Waals surface area contributed by atoms with Gasteiger partial charge in [-0.2, -0.15) is 0 Å². The van der Waals surface area contributed by atoms with Crippen molar-refractivity contribution in [2.45, 2.75) is 50.7 Å². The highest BCUT2D eigenvalue weighted by Crippen LogP contribution is 2.20. The van der Waals surface area contributed by atoms with E-state index < -0.39 is 10.8 Å². The molecule has 0 spiro atoms. The van der Waals surface area contributed by atoms with Gasteiger partial charge in [-0.1, -0.05) is 39.0 Å². The van der Waals surface area contributed by atoms with Gasteiger partial charge in [-0.3, -0.25) is 0 Å². The number of fused-ring (bicyclic) bond motifs is 1. The lowest BCUT2D eigenvalue weighted by Gasteiger charge is -1.99. The number of nitrogens with zero attached hydrogens (tertiary/aromatic N) is 1. The highest BCUT2D eigenvalue weighted by Gasteiger charge is 2.12. The monoisotopic (exact) mass is 294 g/mol. The molecule has 0 aliphatic rings. The molecule has 0 amide bonds. The van der Waals surface area contributed by atoms with E-state index in [0.29, 0.717) is 27.8 Å². The summed E-state index contributed by atoms with van der Waals surface area (Å²) in [5.74, 6) is 0.619. The third-order valence-corrected chi connectivity index (χ3v) is 4.49. The van der Waals surface area contributed by atoms with E-state index in [-0.39, 0.29) is 0 Å². The lowest BCUT2D eigenvalue weighted by atomic mass is 10.1. The SMILES string of the molecule is CCCCCCCCS(=O)c1nc2cc(N)ccc2o1. The summed E-state index contributed by atoms with van der Waals surface area (Å²) in [6, 6.07) is 5.27. The second-order valence-electron chi connectivity index (χ2n) is 5.02. The summed E-state index contributed by atoms with van der Waals surface area (Å²) in [7, 11) is -1.15. The van der Waals surface area contributed by atoms with E-state index >= 15 is 0 Å². The first-order chi connectivity index (χ1) is 9.70. The summed E-state index contributed by atoms with van der Waals surface area (Å²) < 4.78 is 17.6. The van der Waals surface area contributed by atoms with Crippen molar-refractivity contribution in [2.24, 2.45) is 0 Å². The smallest absolute Gasteiger partial charge is 0.287 e. The molecule has 1 aromatic carbocycles. The van der Waals surface area contributed by atoms with Crippen LogP contribution in [0.1, 0.15) is 45.4 Å². The Morgan fingerprint density at radius 3 is 2.75 bits per heavy atom. The van der Waals surface area contributed by atoms with Gasteiger partial charge in [-0.05, 0) is 24.6 Å². The van der Waals surface area contributed by atoms with Crippen LogP contribution in [0.3, 0.4) is 0 Å². The van der Waals surface area contributed by atoms with Crippen molar-refractivity contribution in [1.29, 1.82) is 0 Å². The zero-order valence-electron chi connectivity index (χ0n) is 11.9. The van der Waals surface area contributed by atoms with E-state index in [1.807, 2.05) is 0 Å². The van der Waals surface area contributed by atoms with Crippen LogP contribution in [-0.4, -0.2) is 14.9 Å². The number of aromatic nitrogens is 1. The molecule has 0 fully saturated rings. The van der Waals surface area contributed by atoms with E-state index in [0.717, 1.165) is 12.8 Å². The molecule has 20 heavy (non-hydrogen) atoms. The lowest BCUT2D eigenvalue weighted by molar-refractivity contribution is 0.477. The normalized spacial score (nSPS) is 12.8. The van der Waals surface area contributed by atoms with Gasteiger partial charge < -0.3 is 10.2 Å². The number of oxazole rings is 1. The summed E-state index contributed by atoms with van der Waals surface area (Å²) in [5, 5.41) is 0.319. The Morgan fingerprint density at radius 1 is 1.20 bits per heavy atom. The van der Waals surface area contributed by atoms with E-state index in [1.54, 1.807) is 18.2 Å². The average Bonchev–Trinajstić information content (AvgIpc) is 2.85. The van der Waals surface area contributed by atoms with E-state index in [4.69, 9.17) is 10.2 Å². The topological polar surface area (TPSA) is 69.1 Å². The van der Waals surface area contributed by atoms with Crippen molar-refractivity contribution in [1.82, 2.24) is 4.98 Å². The van der Waals surface area contributed by atoms with Crippen molar-refractivity contribution < 1.29 is 8.63 Å². The maximum absolute atomic E-state index is 12.1. The van der Waals surface area contributed by atoms with Gasteiger partial charge in [0, 0.05) is 11.4 Å². The molecule has 5 heteroatoms. The van der Waals surface area contributed by atoms with Crippen LogP contribution in [0.25, 0.3) is 11.1 Å². The number of rotatable bonds is 8. The van der Waals surface area contributed by atoms with Crippen LogP contribution in [0.4, 0.5) is 5.69 Å². The van der Waals surface area contributed by atoms with Crippen molar-refractivity contribution in [3.05, 3.63) is 18.2 Å². The second-order valence-corrected chi connectivity index (χ2v) is 6.47. The molecule has 4 nitrogen and oxygen atoms in total. The van der Waals surface area contributed by atoms with Crippen LogP contribution >= 0.6 is 0 Å². The molecule has 2 N–H and O–H groups in total. The van der Waals surface area contributed by atoms with Crippen LogP contribution < -0.4 is 5.73 Å². The zero-order chi connectivity index (χ0) is 14.4. The van der Waals surface area contributed by atoms with Gasteiger partial charge in [0.15, 0.2) is 5.58 Å². The van der Waals surface area contributed by atoms with Crippen LogP contribution in [0.2, 0.25) is 0 Å². The third-order valence-electron chi connectivity index (χ3n) is 3.27. The minimum atomic E-state index is -1.15. The number of nitrogen functional groups attached to an aromatic ring is 1. The van der Waals surface area contributed by atoms with Crippen LogP contribution in [-0.2, 0) is 10.8 Å². The molecular formula is C15H22N2O2S. The Balaban J connectivity index is 1.85. The maximum Gasteiger partial charge on any atom is 0.287 e. The van der Waals surface area contributed by atoms with Crippen molar-refractivity contribution in [3.63, 3.8) is 0 Å². The lowest BCUT2D eigenvalue weighted by Crippen LogP contribution is -1.98. The molecule has 1 heterocycles. The molecule has 0 saturated heterocycles. The fourth-order valence-corrected chi connectivity index (χ4v) is 3.15. The summed E-state index contributed by atoms with van der Waals surface area (Å²) in [6.45, 7) is 2.20. The first-order valence-corrected chi connectivity index (χ1v) is 8.57. The number of unbranched alkanes of at least 4 members (excludes halogenated alkanes) is 5. The van der Waals surface area contributed by atoms with Gasteiger partial charge in [0.25, 0.3) is 5.22 Å². The first kappa shape index (κ1) is 15.0. The quantitative estimate of drug-likeness (QED) is 0.592. The third kappa shape index (κ3) is 4.07. The number of nitrogens with two attached hydrogens (primary N) is 1. The molecule has 1 atom stereocenters. The predicted octanol–water partition coefficient (Wildman–Crippen LogP) is 3.88. The molecule has 2 rings (SSSR count). The van der Waals surface area contributed by atoms with Gasteiger partial charge in [-0.15, -0.1) is 0 Å². The second kappa shape index (κ2) is 7.43. The maximum atomic E-state index is 12.1. The summed E-state index contributed by atoms with van der Waals surface area (Å²) in [5.41, 5.74) is 7.65. The van der Waals surface area contributed by atoms with Crippen molar-refractivity contribution in [2.75, 3.05) is 11.5 Å². The number of benzene rings is 1. The molecular weight excluding hydrogens is 272 g/mol. The summed E-state index contributed by atoms with van der Waals surface area (Å²) >= 11 is 0. The molecule has 0 aliphatic heterocycles. The molecule has 2 aromatic rings. The summed E-state index contributed by atoms with van der Waals surface area (Å²) in [4.78, 5) is 4.25. The molecule has 1 aromatic heterocycles. The van der Waals surface area contributed by atoms with Crippen LogP contribution in [0, 0.1) is 0 Å².